The largest absolute Gasteiger partial charge is 0.469 e. The second-order valence-electron chi connectivity index (χ2n) is 5.41. The molecule has 1 atom stereocenters. The fraction of sp³-hybridized carbons (Fsp3) is 0.318. The van der Waals surface area contributed by atoms with Crippen LogP contribution in [0.1, 0.15) is 31.7 Å². The van der Waals surface area contributed by atoms with Crippen LogP contribution in [-0.4, -0.2) is 26.7 Å². The molecule has 27 heavy (non-hydrogen) atoms. The molecular formula is C22H29FO4. The Kier molecular flexibility index (Phi) is 17.6. The number of esters is 1. The molecule has 0 aromatic heterocycles. The summed E-state index contributed by atoms with van der Waals surface area (Å²) >= 11 is 0. The average Bonchev–Trinajstić information content (AvgIpc) is 3.01. The van der Waals surface area contributed by atoms with Gasteiger partial charge in [0.2, 0.25) is 0 Å². The van der Waals surface area contributed by atoms with Gasteiger partial charge < -0.3 is 14.3 Å². The lowest BCUT2D eigenvalue weighted by molar-refractivity contribution is -0.141. The number of halogens is 1. The molecule has 1 aromatic carbocycles. The van der Waals surface area contributed by atoms with Gasteiger partial charge in [-0.15, -0.1) is 0 Å². The second kappa shape index (κ2) is 18.0. The zero-order chi connectivity index (χ0) is 21.1. The van der Waals surface area contributed by atoms with Crippen LogP contribution in [0.2, 0.25) is 0 Å². The maximum Gasteiger partial charge on any atom is 0.306 e. The summed E-state index contributed by atoms with van der Waals surface area (Å²) < 4.78 is 16.8. The van der Waals surface area contributed by atoms with Gasteiger partial charge in [0.05, 0.1) is 13.5 Å². The second-order valence-corrected chi connectivity index (χ2v) is 5.41. The molecule has 5 heteroatoms. The van der Waals surface area contributed by atoms with Crippen molar-refractivity contribution in [1.29, 1.82) is 0 Å². The molecule has 0 bridgehead atoms. The van der Waals surface area contributed by atoms with Crippen molar-refractivity contribution in [2.24, 2.45) is 5.92 Å². The molecule has 0 radical (unpaired) electrons. The third-order valence-electron chi connectivity index (χ3n) is 3.62. The minimum Gasteiger partial charge on any atom is -0.469 e. The summed E-state index contributed by atoms with van der Waals surface area (Å²) in [6.07, 6.45) is 12.9. The summed E-state index contributed by atoms with van der Waals surface area (Å²) in [6, 6.07) is 6.40. The Balaban J connectivity index is 0. The van der Waals surface area contributed by atoms with E-state index in [1.165, 1.54) is 24.8 Å². The molecule has 0 aliphatic heterocycles. The summed E-state index contributed by atoms with van der Waals surface area (Å²) in [5, 5.41) is 0. The van der Waals surface area contributed by atoms with Crippen molar-refractivity contribution < 1.29 is 23.5 Å². The van der Waals surface area contributed by atoms with Crippen molar-refractivity contribution in [2.45, 2.75) is 33.1 Å². The molecule has 0 amide bonds. The molecule has 0 N–H and O–H groups in total. The van der Waals surface area contributed by atoms with Gasteiger partial charge in [-0.2, -0.15) is 0 Å². The zero-order valence-electron chi connectivity index (χ0n) is 16.3. The van der Waals surface area contributed by atoms with Crippen LogP contribution >= 0.6 is 0 Å². The third kappa shape index (κ3) is 13.1. The quantitative estimate of drug-likeness (QED) is 0.710. The van der Waals surface area contributed by atoms with Crippen molar-refractivity contribution in [3.05, 3.63) is 71.6 Å². The first-order valence-electron chi connectivity index (χ1n) is 8.46. The van der Waals surface area contributed by atoms with Crippen molar-refractivity contribution in [1.82, 2.24) is 0 Å². The predicted molar refractivity (Wildman–Crippen MR) is 107 cm³/mol. The standard InChI is InChI=1S/C13H18O2.C7H7F.2CH2O/c1-3-11(10-13(14)15-2)12-8-6-4-5-7-9-12;1-6-2-4-7(8)5-3-6;2*1-2/h4,6-9,11H,3,5,10H2,1-2H3;2-5H,1H3;2*1H2. The van der Waals surface area contributed by atoms with Gasteiger partial charge in [-0.1, -0.05) is 55.0 Å². The summed E-state index contributed by atoms with van der Waals surface area (Å²) in [7, 11) is 1.44. The maximum atomic E-state index is 12.1. The Bertz CT molecular complexity index is 580. The van der Waals surface area contributed by atoms with E-state index in [9.17, 15) is 9.18 Å². The maximum absolute atomic E-state index is 12.1. The molecule has 148 valence electrons. The smallest absolute Gasteiger partial charge is 0.306 e. The fourth-order valence-electron chi connectivity index (χ4n) is 2.18. The van der Waals surface area contributed by atoms with Crippen LogP contribution in [0, 0.1) is 18.7 Å². The van der Waals surface area contributed by atoms with Crippen LogP contribution in [0.15, 0.2) is 60.2 Å². The molecule has 2 rings (SSSR count). The van der Waals surface area contributed by atoms with Crippen LogP contribution in [0.4, 0.5) is 4.39 Å². The summed E-state index contributed by atoms with van der Waals surface area (Å²) in [6.45, 7) is 8.02. The van der Waals surface area contributed by atoms with E-state index in [1.54, 1.807) is 12.1 Å². The highest BCUT2D eigenvalue weighted by Crippen LogP contribution is 2.22. The normalized spacial score (nSPS) is 12.4. The van der Waals surface area contributed by atoms with Crippen LogP contribution < -0.4 is 0 Å². The van der Waals surface area contributed by atoms with Gasteiger partial charge >= 0.3 is 5.97 Å². The number of hydrogen-bond donors (Lipinski definition) is 0. The number of allylic oxidation sites excluding steroid dienone is 6. The Morgan fingerprint density at radius 1 is 1.15 bits per heavy atom. The predicted octanol–water partition coefficient (Wildman–Crippen LogP) is 4.78. The van der Waals surface area contributed by atoms with E-state index in [0.29, 0.717) is 6.42 Å². The number of ether oxygens (including phenoxy) is 1. The Morgan fingerprint density at radius 2 is 1.74 bits per heavy atom. The minimum atomic E-state index is -0.171. The summed E-state index contributed by atoms with van der Waals surface area (Å²) in [5.41, 5.74) is 2.31. The first kappa shape index (κ1) is 26.4. The molecular weight excluding hydrogens is 347 g/mol. The highest BCUT2D eigenvalue weighted by atomic mass is 19.1. The molecule has 1 aliphatic carbocycles. The molecule has 0 heterocycles. The molecule has 0 fully saturated rings. The van der Waals surface area contributed by atoms with Gasteiger partial charge in [0.25, 0.3) is 0 Å². The van der Waals surface area contributed by atoms with E-state index in [0.717, 1.165) is 18.4 Å². The number of rotatable bonds is 4. The molecule has 1 aliphatic rings. The molecule has 4 nitrogen and oxygen atoms in total. The SMILES string of the molecule is C=O.C=O.CCC(CC(=O)OC)C1=CC=CCC=C1.Cc1ccc(F)cc1. The van der Waals surface area contributed by atoms with E-state index in [2.05, 4.69) is 37.3 Å². The van der Waals surface area contributed by atoms with Crippen molar-refractivity contribution in [3.63, 3.8) is 0 Å². The number of hydrogen-bond acceptors (Lipinski definition) is 4. The molecule has 1 unspecified atom stereocenters. The lowest BCUT2D eigenvalue weighted by Gasteiger charge is -2.14. The van der Waals surface area contributed by atoms with Gasteiger partial charge in [-0.25, -0.2) is 4.39 Å². The monoisotopic (exact) mass is 376 g/mol. The lowest BCUT2D eigenvalue weighted by atomic mass is 9.92. The number of benzene rings is 1. The Hall–Kier alpha value is -2.82. The molecule has 0 spiro atoms. The zero-order valence-corrected chi connectivity index (χ0v) is 16.3. The van der Waals surface area contributed by atoms with Crippen molar-refractivity contribution in [2.75, 3.05) is 7.11 Å². The summed E-state index contributed by atoms with van der Waals surface area (Å²) in [4.78, 5) is 27.2. The molecule has 0 saturated heterocycles. The number of aryl methyl sites for hydroxylation is 1. The summed E-state index contributed by atoms with van der Waals surface area (Å²) in [5.74, 6) is -0.0311. The fourth-order valence-corrected chi connectivity index (χ4v) is 2.18. The highest BCUT2D eigenvalue weighted by molar-refractivity contribution is 5.70. The minimum absolute atomic E-state index is 0.135. The van der Waals surface area contributed by atoms with E-state index < -0.39 is 0 Å². The Labute approximate surface area is 161 Å². The van der Waals surface area contributed by atoms with Gasteiger partial charge in [0.1, 0.15) is 19.4 Å². The van der Waals surface area contributed by atoms with Gasteiger partial charge in [0.15, 0.2) is 0 Å². The first-order valence-corrected chi connectivity index (χ1v) is 8.46. The first-order chi connectivity index (χ1) is 13.1. The topological polar surface area (TPSA) is 60.4 Å². The van der Waals surface area contributed by atoms with Crippen molar-refractivity contribution >= 4 is 19.5 Å². The van der Waals surface area contributed by atoms with Crippen LogP contribution in [0.25, 0.3) is 0 Å². The van der Waals surface area contributed by atoms with E-state index >= 15 is 0 Å². The van der Waals surface area contributed by atoms with E-state index in [-0.39, 0.29) is 17.7 Å². The van der Waals surface area contributed by atoms with Crippen LogP contribution in [0.3, 0.4) is 0 Å². The third-order valence-corrected chi connectivity index (χ3v) is 3.62. The van der Waals surface area contributed by atoms with Gasteiger partial charge in [-0.3, -0.25) is 4.79 Å². The number of carbonyl (C=O) groups excluding carboxylic acids is 3. The molecule has 1 aromatic rings. The van der Waals surface area contributed by atoms with Crippen molar-refractivity contribution in [3.8, 4) is 0 Å². The highest BCUT2D eigenvalue weighted by Gasteiger charge is 2.15. The number of carbonyl (C=O) groups is 3. The average molecular weight is 376 g/mol. The van der Waals surface area contributed by atoms with Gasteiger partial charge in [0, 0.05) is 0 Å². The van der Waals surface area contributed by atoms with E-state index in [4.69, 9.17) is 14.3 Å². The molecule has 0 saturated carbocycles. The van der Waals surface area contributed by atoms with Crippen LogP contribution in [0.5, 0.6) is 0 Å². The van der Waals surface area contributed by atoms with E-state index in [1.807, 2.05) is 20.5 Å². The number of methoxy groups -OCH3 is 1. The Morgan fingerprint density at radius 3 is 2.22 bits per heavy atom. The van der Waals surface area contributed by atoms with Crippen LogP contribution in [-0.2, 0) is 19.1 Å². The lowest BCUT2D eigenvalue weighted by Crippen LogP contribution is -2.10. The van der Waals surface area contributed by atoms with Gasteiger partial charge in [-0.05, 0) is 43.4 Å².